The molecule has 5 heteroatoms. The van der Waals surface area contributed by atoms with E-state index in [0.29, 0.717) is 6.54 Å². The van der Waals surface area contributed by atoms with Gasteiger partial charge in [-0.1, -0.05) is 6.07 Å². The first kappa shape index (κ1) is 12.9. The predicted molar refractivity (Wildman–Crippen MR) is 72.2 cm³/mol. The average Bonchev–Trinajstić information content (AvgIpc) is 2.39. The molecule has 2 N–H and O–H groups in total. The van der Waals surface area contributed by atoms with Crippen molar-refractivity contribution in [3.05, 3.63) is 23.8 Å². The van der Waals surface area contributed by atoms with E-state index in [0.717, 1.165) is 16.1 Å². The van der Waals surface area contributed by atoms with Crippen LogP contribution in [0.5, 0.6) is 0 Å². The highest BCUT2D eigenvalue weighted by atomic mass is 32.2. The lowest BCUT2D eigenvalue weighted by Crippen LogP contribution is -2.44. The normalized spacial score (nSPS) is 20.2. The van der Waals surface area contributed by atoms with E-state index in [1.807, 2.05) is 25.1 Å². The molecule has 1 aliphatic heterocycles. The molecule has 1 aliphatic rings. The Morgan fingerprint density at radius 3 is 2.94 bits per heavy atom. The number of nitriles is 1. The first-order chi connectivity index (χ1) is 8.58. The SMILES string of the molecule is CC1Sc2ccc(CN)cc2N(C(C)C#N)C1=O. The molecule has 0 radical (unpaired) electrons. The van der Waals surface area contributed by atoms with Crippen LogP contribution in [0.25, 0.3) is 0 Å². The van der Waals surface area contributed by atoms with Crippen LogP contribution in [0.4, 0.5) is 5.69 Å². The molecule has 1 aromatic rings. The molecule has 2 rings (SSSR count). The maximum absolute atomic E-state index is 12.2. The minimum absolute atomic E-state index is 0.0179. The van der Waals surface area contributed by atoms with Crippen molar-refractivity contribution in [1.29, 1.82) is 5.26 Å². The molecule has 0 spiro atoms. The number of carbonyl (C=O) groups is 1. The minimum Gasteiger partial charge on any atom is -0.326 e. The van der Waals surface area contributed by atoms with Crippen molar-refractivity contribution in [2.45, 2.75) is 36.6 Å². The summed E-state index contributed by atoms with van der Waals surface area (Å²) in [7, 11) is 0. The molecule has 4 nitrogen and oxygen atoms in total. The number of nitrogens with two attached hydrogens (primary N) is 1. The molecule has 2 unspecified atom stereocenters. The Labute approximate surface area is 111 Å². The van der Waals surface area contributed by atoms with Gasteiger partial charge in [0, 0.05) is 11.4 Å². The predicted octanol–water partition coefficient (Wildman–Crippen LogP) is 1.88. The monoisotopic (exact) mass is 261 g/mol. The first-order valence-electron chi connectivity index (χ1n) is 5.80. The number of thioether (sulfide) groups is 1. The van der Waals surface area contributed by atoms with Crippen LogP contribution in [0.3, 0.4) is 0 Å². The summed E-state index contributed by atoms with van der Waals surface area (Å²) in [6, 6.07) is 7.50. The van der Waals surface area contributed by atoms with Gasteiger partial charge in [0.2, 0.25) is 5.91 Å². The second-order valence-electron chi connectivity index (χ2n) is 4.28. The zero-order valence-electron chi connectivity index (χ0n) is 10.4. The first-order valence-corrected chi connectivity index (χ1v) is 6.68. The Bertz CT molecular complexity index is 523. The van der Waals surface area contributed by atoms with Crippen LogP contribution in [0, 0.1) is 11.3 Å². The van der Waals surface area contributed by atoms with Crippen LogP contribution in [-0.4, -0.2) is 17.2 Å². The van der Waals surface area contributed by atoms with E-state index in [1.54, 1.807) is 11.8 Å². The summed E-state index contributed by atoms with van der Waals surface area (Å²) in [5.74, 6) is -0.0179. The summed E-state index contributed by atoms with van der Waals surface area (Å²) < 4.78 is 0. The zero-order chi connectivity index (χ0) is 13.3. The van der Waals surface area contributed by atoms with Crippen molar-refractivity contribution in [3.8, 4) is 6.07 Å². The Morgan fingerprint density at radius 2 is 2.33 bits per heavy atom. The minimum atomic E-state index is -0.465. The molecule has 94 valence electrons. The fraction of sp³-hybridized carbons (Fsp3) is 0.385. The van der Waals surface area contributed by atoms with Crippen molar-refractivity contribution in [2.24, 2.45) is 5.73 Å². The molecule has 0 fully saturated rings. The lowest BCUT2D eigenvalue weighted by atomic mass is 10.1. The highest BCUT2D eigenvalue weighted by molar-refractivity contribution is 8.00. The van der Waals surface area contributed by atoms with E-state index in [2.05, 4.69) is 6.07 Å². The van der Waals surface area contributed by atoms with Crippen LogP contribution in [0.2, 0.25) is 0 Å². The number of rotatable bonds is 2. The third kappa shape index (κ3) is 2.09. The number of carbonyl (C=O) groups excluding carboxylic acids is 1. The largest absolute Gasteiger partial charge is 0.326 e. The number of nitrogens with zero attached hydrogens (tertiary/aromatic N) is 2. The van der Waals surface area contributed by atoms with Gasteiger partial charge in [-0.15, -0.1) is 11.8 Å². The Kier molecular flexibility index (Phi) is 3.60. The highest BCUT2D eigenvalue weighted by Crippen LogP contribution is 2.40. The molecular weight excluding hydrogens is 246 g/mol. The Balaban J connectivity index is 2.53. The number of hydrogen-bond acceptors (Lipinski definition) is 4. The number of hydrogen-bond donors (Lipinski definition) is 1. The molecule has 1 aromatic carbocycles. The quantitative estimate of drug-likeness (QED) is 0.882. The second kappa shape index (κ2) is 5.01. The van der Waals surface area contributed by atoms with Crippen LogP contribution in [-0.2, 0) is 11.3 Å². The summed E-state index contributed by atoms with van der Waals surface area (Å²) in [5, 5.41) is 8.91. The summed E-state index contributed by atoms with van der Waals surface area (Å²) in [6.45, 7) is 4.03. The number of amides is 1. The van der Waals surface area contributed by atoms with Crippen molar-refractivity contribution in [3.63, 3.8) is 0 Å². The number of benzene rings is 1. The van der Waals surface area contributed by atoms with Crippen molar-refractivity contribution >= 4 is 23.4 Å². The topological polar surface area (TPSA) is 70.1 Å². The van der Waals surface area contributed by atoms with Gasteiger partial charge in [0.05, 0.1) is 17.0 Å². The summed E-state index contributed by atoms with van der Waals surface area (Å²) in [5.41, 5.74) is 7.39. The van der Waals surface area contributed by atoms with E-state index in [-0.39, 0.29) is 11.2 Å². The van der Waals surface area contributed by atoms with Gasteiger partial charge >= 0.3 is 0 Å². The van der Waals surface area contributed by atoms with Gasteiger partial charge < -0.3 is 5.73 Å². The number of anilines is 1. The molecule has 0 saturated heterocycles. The fourth-order valence-electron chi connectivity index (χ4n) is 1.99. The van der Waals surface area contributed by atoms with Gasteiger partial charge in [-0.2, -0.15) is 5.26 Å². The van der Waals surface area contributed by atoms with Crippen LogP contribution in [0.1, 0.15) is 19.4 Å². The van der Waals surface area contributed by atoms with Crippen molar-refractivity contribution < 1.29 is 4.79 Å². The highest BCUT2D eigenvalue weighted by Gasteiger charge is 2.33. The molecule has 1 amide bonds. The summed E-state index contributed by atoms with van der Waals surface area (Å²) in [4.78, 5) is 14.8. The molecule has 18 heavy (non-hydrogen) atoms. The molecule has 0 aliphatic carbocycles. The lowest BCUT2D eigenvalue weighted by molar-refractivity contribution is -0.118. The van der Waals surface area contributed by atoms with Crippen LogP contribution < -0.4 is 10.6 Å². The molecular formula is C13H15N3OS. The van der Waals surface area contributed by atoms with E-state index in [1.165, 1.54) is 11.8 Å². The molecule has 2 atom stereocenters. The maximum Gasteiger partial charge on any atom is 0.241 e. The van der Waals surface area contributed by atoms with Crippen molar-refractivity contribution in [1.82, 2.24) is 0 Å². The van der Waals surface area contributed by atoms with E-state index >= 15 is 0 Å². The standard InChI is InChI=1S/C13H15N3OS/c1-8(6-14)16-11-5-10(7-15)3-4-12(11)18-9(2)13(16)17/h3-5,8-9H,7,15H2,1-2H3. The fourth-order valence-corrected chi connectivity index (χ4v) is 3.01. The average molecular weight is 261 g/mol. The third-order valence-corrected chi connectivity index (χ3v) is 4.14. The zero-order valence-corrected chi connectivity index (χ0v) is 11.2. The van der Waals surface area contributed by atoms with Crippen LogP contribution in [0.15, 0.2) is 23.1 Å². The molecule has 1 heterocycles. The van der Waals surface area contributed by atoms with Gasteiger partial charge in [0.25, 0.3) is 0 Å². The second-order valence-corrected chi connectivity index (χ2v) is 5.66. The molecule has 0 saturated carbocycles. The van der Waals surface area contributed by atoms with Gasteiger partial charge in [-0.25, -0.2) is 0 Å². The van der Waals surface area contributed by atoms with Gasteiger partial charge in [-0.3, -0.25) is 9.69 Å². The number of fused-ring (bicyclic) bond motifs is 1. The third-order valence-electron chi connectivity index (χ3n) is 2.98. The maximum atomic E-state index is 12.2. The van der Waals surface area contributed by atoms with E-state index < -0.39 is 6.04 Å². The summed E-state index contributed by atoms with van der Waals surface area (Å²) in [6.07, 6.45) is 0. The van der Waals surface area contributed by atoms with Crippen molar-refractivity contribution in [2.75, 3.05) is 4.90 Å². The molecule has 0 aromatic heterocycles. The van der Waals surface area contributed by atoms with Gasteiger partial charge in [0.1, 0.15) is 6.04 Å². The van der Waals surface area contributed by atoms with Crippen LogP contribution >= 0.6 is 11.8 Å². The van der Waals surface area contributed by atoms with Gasteiger partial charge in [-0.05, 0) is 31.5 Å². The Morgan fingerprint density at radius 1 is 1.61 bits per heavy atom. The van der Waals surface area contributed by atoms with E-state index in [9.17, 15) is 4.79 Å². The smallest absolute Gasteiger partial charge is 0.241 e. The lowest BCUT2D eigenvalue weighted by Gasteiger charge is -2.34. The summed E-state index contributed by atoms with van der Waals surface area (Å²) >= 11 is 1.53. The van der Waals surface area contributed by atoms with Gasteiger partial charge in [0.15, 0.2) is 0 Å². The Hall–Kier alpha value is -1.51. The van der Waals surface area contributed by atoms with E-state index in [4.69, 9.17) is 11.0 Å². The molecule has 0 bridgehead atoms.